The first kappa shape index (κ1) is 20.5. The fourth-order valence-corrected chi connectivity index (χ4v) is 4.91. The summed E-state index contributed by atoms with van der Waals surface area (Å²) in [4.78, 5) is 39.2. The first-order chi connectivity index (χ1) is 13.4. The van der Waals surface area contributed by atoms with Crippen molar-refractivity contribution in [2.75, 3.05) is 11.5 Å². The predicted octanol–water partition coefficient (Wildman–Crippen LogP) is 2.76. The summed E-state index contributed by atoms with van der Waals surface area (Å²) in [5.74, 6) is -0.00818. The molecule has 1 aliphatic rings. The zero-order chi connectivity index (χ0) is 20.1. The Morgan fingerprint density at radius 3 is 2.79 bits per heavy atom. The van der Waals surface area contributed by atoms with Gasteiger partial charge in [-0.2, -0.15) is 4.99 Å². The van der Waals surface area contributed by atoms with E-state index in [1.807, 2.05) is 0 Å². The summed E-state index contributed by atoms with van der Waals surface area (Å²) in [7, 11) is 1.77. The molecule has 0 unspecified atom stereocenters. The van der Waals surface area contributed by atoms with Crippen LogP contribution in [0.25, 0.3) is 10.2 Å². The van der Waals surface area contributed by atoms with Crippen molar-refractivity contribution in [2.24, 2.45) is 12.0 Å². The lowest BCUT2D eigenvalue weighted by molar-refractivity contribution is -0.384. The number of thioether (sulfide) groups is 1. The number of carbonyl (C=O) groups is 2. The number of amides is 2. The summed E-state index contributed by atoms with van der Waals surface area (Å²) in [5, 5.41) is 13.9. The molecule has 2 aromatic rings. The third-order valence-corrected chi connectivity index (χ3v) is 6.67. The van der Waals surface area contributed by atoms with Crippen molar-refractivity contribution in [2.45, 2.75) is 38.1 Å². The molecule has 1 N–H and O–H groups in total. The number of hydrogen-bond acceptors (Lipinski definition) is 6. The second-order valence-corrected chi connectivity index (χ2v) is 8.75. The molecule has 0 aliphatic heterocycles. The van der Waals surface area contributed by atoms with Crippen LogP contribution in [0.3, 0.4) is 0 Å². The molecular formula is C18H22N4O4S2. The van der Waals surface area contributed by atoms with Gasteiger partial charge in [-0.15, -0.1) is 11.8 Å². The van der Waals surface area contributed by atoms with Gasteiger partial charge in [0, 0.05) is 25.2 Å². The molecule has 2 amide bonds. The number of hydrogen-bond donors (Lipinski definition) is 1. The molecule has 8 nitrogen and oxygen atoms in total. The van der Waals surface area contributed by atoms with Gasteiger partial charge in [-0.05, 0) is 18.9 Å². The van der Waals surface area contributed by atoms with E-state index in [0.717, 1.165) is 31.2 Å². The van der Waals surface area contributed by atoms with Gasteiger partial charge in [0.1, 0.15) is 0 Å². The van der Waals surface area contributed by atoms with Crippen molar-refractivity contribution in [3.63, 3.8) is 0 Å². The van der Waals surface area contributed by atoms with Crippen molar-refractivity contribution in [1.29, 1.82) is 0 Å². The SMILES string of the molecule is Cn1c(=NC(=O)CSCC(=O)NC2CCCCC2)sc2cc([N+](=O)[O-])ccc21. The first-order valence-electron chi connectivity index (χ1n) is 9.12. The highest BCUT2D eigenvalue weighted by atomic mass is 32.2. The van der Waals surface area contributed by atoms with Crippen molar-refractivity contribution in [3.05, 3.63) is 33.1 Å². The Bertz CT molecular complexity index is 960. The van der Waals surface area contributed by atoms with E-state index in [4.69, 9.17) is 0 Å². The second kappa shape index (κ2) is 9.33. The summed E-state index contributed by atoms with van der Waals surface area (Å²) >= 11 is 2.48. The van der Waals surface area contributed by atoms with E-state index >= 15 is 0 Å². The summed E-state index contributed by atoms with van der Waals surface area (Å²) in [5.41, 5.74) is 0.786. The monoisotopic (exact) mass is 422 g/mol. The van der Waals surface area contributed by atoms with Gasteiger partial charge >= 0.3 is 0 Å². The van der Waals surface area contributed by atoms with Crippen molar-refractivity contribution in [3.8, 4) is 0 Å². The number of nitro groups is 1. The predicted molar refractivity (Wildman–Crippen MR) is 110 cm³/mol. The molecule has 28 heavy (non-hydrogen) atoms. The van der Waals surface area contributed by atoms with Crippen LogP contribution in [-0.2, 0) is 16.6 Å². The van der Waals surface area contributed by atoms with E-state index in [1.54, 1.807) is 17.7 Å². The highest BCUT2D eigenvalue weighted by molar-refractivity contribution is 8.00. The summed E-state index contributed by atoms with van der Waals surface area (Å²) in [6, 6.07) is 4.83. The molecule has 10 heteroatoms. The number of aryl methyl sites for hydroxylation is 1. The molecule has 0 bridgehead atoms. The van der Waals surface area contributed by atoms with Crippen molar-refractivity contribution in [1.82, 2.24) is 9.88 Å². The third kappa shape index (κ3) is 5.20. The topological polar surface area (TPSA) is 107 Å². The molecular weight excluding hydrogens is 400 g/mol. The zero-order valence-corrected chi connectivity index (χ0v) is 17.2. The second-order valence-electron chi connectivity index (χ2n) is 6.75. The van der Waals surface area contributed by atoms with Crippen LogP contribution in [-0.4, -0.2) is 38.9 Å². The molecule has 1 aromatic carbocycles. The van der Waals surface area contributed by atoms with Crippen LogP contribution in [0.15, 0.2) is 23.2 Å². The van der Waals surface area contributed by atoms with Crippen LogP contribution in [0.4, 0.5) is 5.69 Å². The molecule has 150 valence electrons. The van der Waals surface area contributed by atoms with E-state index in [1.165, 1.54) is 41.7 Å². The molecule has 3 rings (SSSR count). The standard InChI is InChI=1S/C18H22N4O4S2/c1-21-14-8-7-13(22(25)26)9-15(14)28-18(21)20-17(24)11-27-10-16(23)19-12-5-3-2-4-6-12/h7-9,12H,2-6,10-11H2,1H3,(H,19,23). The Kier molecular flexibility index (Phi) is 6.84. The van der Waals surface area contributed by atoms with Crippen LogP contribution in [0.1, 0.15) is 32.1 Å². The quantitative estimate of drug-likeness (QED) is 0.569. The number of aromatic nitrogens is 1. The first-order valence-corrected chi connectivity index (χ1v) is 11.1. The maximum atomic E-state index is 12.2. The van der Waals surface area contributed by atoms with E-state index in [2.05, 4.69) is 10.3 Å². The van der Waals surface area contributed by atoms with Crippen LogP contribution in [0.5, 0.6) is 0 Å². The lowest BCUT2D eigenvalue weighted by Crippen LogP contribution is -2.37. The molecule has 0 radical (unpaired) electrons. The number of carbonyl (C=O) groups excluding carboxylic acids is 2. The van der Waals surface area contributed by atoms with Crippen molar-refractivity contribution >= 4 is 50.8 Å². The minimum atomic E-state index is -0.448. The number of nitrogens with zero attached hydrogens (tertiary/aromatic N) is 3. The third-order valence-electron chi connectivity index (χ3n) is 4.65. The van der Waals surface area contributed by atoms with Gasteiger partial charge in [-0.1, -0.05) is 30.6 Å². The Balaban J connectivity index is 1.57. The molecule has 1 aromatic heterocycles. The fourth-order valence-electron chi connectivity index (χ4n) is 3.23. The Labute approximate surface area is 170 Å². The van der Waals surface area contributed by atoms with Gasteiger partial charge < -0.3 is 9.88 Å². The molecule has 1 heterocycles. The number of fused-ring (bicyclic) bond motifs is 1. The van der Waals surface area contributed by atoms with E-state index in [9.17, 15) is 19.7 Å². The van der Waals surface area contributed by atoms with E-state index in [-0.39, 0.29) is 35.0 Å². The van der Waals surface area contributed by atoms with Gasteiger partial charge in [0.05, 0.1) is 26.6 Å². The molecule has 1 aliphatic carbocycles. The van der Waals surface area contributed by atoms with Crippen molar-refractivity contribution < 1.29 is 14.5 Å². The Hall–Kier alpha value is -2.20. The number of rotatable bonds is 6. The maximum absolute atomic E-state index is 12.2. The van der Waals surface area contributed by atoms with Gasteiger partial charge in [0.15, 0.2) is 4.80 Å². The number of non-ortho nitro benzene ring substituents is 1. The summed E-state index contributed by atoms with van der Waals surface area (Å²) in [6.07, 6.45) is 5.62. The normalized spacial score (nSPS) is 15.7. The van der Waals surface area contributed by atoms with Crippen LogP contribution < -0.4 is 10.1 Å². The van der Waals surface area contributed by atoms with Crippen LogP contribution in [0.2, 0.25) is 0 Å². The summed E-state index contributed by atoms with van der Waals surface area (Å²) < 4.78 is 2.44. The smallest absolute Gasteiger partial charge is 0.270 e. The molecule has 0 spiro atoms. The average molecular weight is 423 g/mol. The van der Waals surface area contributed by atoms with Gasteiger partial charge in [0.25, 0.3) is 11.6 Å². The molecule has 0 atom stereocenters. The lowest BCUT2D eigenvalue weighted by atomic mass is 9.95. The number of nitrogens with one attached hydrogen (secondary N) is 1. The average Bonchev–Trinajstić information content (AvgIpc) is 2.97. The van der Waals surface area contributed by atoms with Crippen LogP contribution >= 0.6 is 23.1 Å². The summed E-state index contributed by atoms with van der Waals surface area (Å²) in [6.45, 7) is 0. The fraction of sp³-hybridized carbons (Fsp3) is 0.500. The van der Waals surface area contributed by atoms with E-state index in [0.29, 0.717) is 9.50 Å². The van der Waals surface area contributed by atoms with E-state index < -0.39 is 4.92 Å². The highest BCUT2D eigenvalue weighted by Gasteiger charge is 2.16. The van der Waals surface area contributed by atoms with Gasteiger partial charge in [0.2, 0.25) is 5.91 Å². The lowest BCUT2D eigenvalue weighted by Gasteiger charge is -2.22. The Morgan fingerprint density at radius 1 is 1.32 bits per heavy atom. The number of thiazole rings is 1. The maximum Gasteiger partial charge on any atom is 0.270 e. The molecule has 1 fully saturated rings. The van der Waals surface area contributed by atoms with Crippen LogP contribution in [0, 0.1) is 10.1 Å². The minimum absolute atomic E-state index is 0.00626. The molecule has 1 saturated carbocycles. The zero-order valence-electron chi connectivity index (χ0n) is 15.6. The molecule has 0 saturated heterocycles. The number of nitro benzene ring substituents is 1. The largest absolute Gasteiger partial charge is 0.353 e. The highest BCUT2D eigenvalue weighted by Crippen LogP contribution is 2.22. The van der Waals surface area contributed by atoms with Gasteiger partial charge in [-0.3, -0.25) is 19.7 Å². The Morgan fingerprint density at radius 2 is 2.07 bits per heavy atom. The van der Waals surface area contributed by atoms with Gasteiger partial charge in [-0.25, -0.2) is 0 Å². The minimum Gasteiger partial charge on any atom is -0.353 e. The number of benzene rings is 1.